The van der Waals surface area contributed by atoms with Crippen molar-refractivity contribution in [2.75, 3.05) is 0 Å². The maximum absolute atomic E-state index is 5.73. The van der Waals surface area contributed by atoms with Gasteiger partial charge in [0, 0.05) is 11.9 Å². The zero-order valence-electron chi connectivity index (χ0n) is 8.79. The first-order chi connectivity index (χ1) is 6.83. The zero-order chi connectivity index (χ0) is 10.6. The SMILES string of the molecule is CC.Cc1c(CCl)nc2ccccn12. The highest BCUT2D eigenvalue weighted by molar-refractivity contribution is 6.17. The second kappa shape index (κ2) is 5.01. The van der Waals surface area contributed by atoms with Crippen LogP contribution in [0.15, 0.2) is 24.4 Å². The molecule has 2 aromatic heterocycles. The van der Waals surface area contributed by atoms with Crippen LogP contribution in [0.5, 0.6) is 0 Å². The fourth-order valence-corrected chi connectivity index (χ4v) is 1.55. The number of hydrogen-bond acceptors (Lipinski definition) is 1. The molecule has 0 radical (unpaired) electrons. The summed E-state index contributed by atoms with van der Waals surface area (Å²) in [6.45, 7) is 6.03. The molecule has 0 saturated carbocycles. The number of aromatic nitrogens is 2. The molecule has 0 N–H and O–H groups in total. The quantitative estimate of drug-likeness (QED) is 0.660. The van der Waals surface area contributed by atoms with Crippen LogP contribution in [0, 0.1) is 6.92 Å². The van der Waals surface area contributed by atoms with Gasteiger partial charge in [-0.25, -0.2) is 4.98 Å². The number of alkyl halides is 1. The van der Waals surface area contributed by atoms with Gasteiger partial charge in [0.05, 0.1) is 11.6 Å². The molecule has 0 unspecified atom stereocenters. The summed E-state index contributed by atoms with van der Waals surface area (Å²) >= 11 is 5.73. The van der Waals surface area contributed by atoms with Gasteiger partial charge in [0.2, 0.25) is 0 Å². The molecule has 0 aliphatic heterocycles. The average Bonchev–Trinajstić information content (AvgIpc) is 2.59. The van der Waals surface area contributed by atoms with Crippen LogP contribution >= 0.6 is 11.6 Å². The molecule has 14 heavy (non-hydrogen) atoms. The third-order valence-electron chi connectivity index (χ3n) is 1.99. The summed E-state index contributed by atoms with van der Waals surface area (Å²) in [6, 6.07) is 5.93. The molecule has 0 spiro atoms. The Labute approximate surface area is 89.5 Å². The summed E-state index contributed by atoms with van der Waals surface area (Å²) < 4.78 is 2.04. The third kappa shape index (κ3) is 1.90. The van der Waals surface area contributed by atoms with Crippen molar-refractivity contribution in [3.8, 4) is 0 Å². The number of halogens is 1. The Hall–Kier alpha value is -1.02. The van der Waals surface area contributed by atoms with Crippen LogP contribution < -0.4 is 0 Å². The van der Waals surface area contributed by atoms with Crippen molar-refractivity contribution >= 4 is 17.2 Å². The smallest absolute Gasteiger partial charge is 0.137 e. The lowest BCUT2D eigenvalue weighted by Crippen LogP contribution is -1.86. The predicted molar refractivity (Wildman–Crippen MR) is 60.8 cm³/mol. The van der Waals surface area contributed by atoms with E-state index in [1.165, 1.54) is 0 Å². The number of nitrogens with zero attached hydrogens (tertiary/aromatic N) is 2. The Bertz CT molecular complexity index is 407. The summed E-state index contributed by atoms with van der Waals surface area (Å²) in [5, 5.41) is 0. The fraction of sp³-hybridized carbons (Fsp3) is 0.364. The molecule has 2 rings (SSSR count). The Balaban J connectivity index is 0.000000461. The molecule has 0 aliphatic rings. The molecule has 0 aliphatic carbocycles. The maximum atomic E-state index is 5.73. The first-order valence-corrected chi connectivity index (χ1v) is 5.35. The Morgan fingerprint density at radius 2 is 2.07 bits per heavy atom. The van der Waals surface area contributed by atoms with Crippen LogP contribution in [0.25, 0.3) is 5.65 Å². The molecule has 0 aromatic carbocycles. The number of fused-ring (bicyclic) bond motifs is 1. The minimum Gasteiger partial charge on any atom is -0.304 e. The van der Waals surface area contributed by atoms with E-state index in [0.29, 0.717) is 5.88 Å². The normalized spacial score (nSPS) is 9.71. The monoisotopic (exact) mass is 210 g/mol. The van der Waals surface area contributed by atoms with Gasteiger partial charge in [-0.15, -0.1) is 11.6 Å². The zero-order valence-corrected chi connectivity index (χ0v) is 9.54. The molecule has 2 heterocycles. The van der Waals surface area contributed by atoms with Crippen molar-refractivity contribution < 1.29 is 0 Å². The van der Waals surface area contributed by atoms with Gasteiger partial charge in [-0.1, -0.05) is 19.9 Å². The van der Waals surface area contributed by atoms with Gasteiger partial charge in [-0.3, -0.25) is 0 Å². The van der Waals surface area contributed by atoms with Gasteiger partial charge in [0.1, 0.15) is 5.65 Å². The van der Waals surface area contributed by atoms with E-state index in [1.54, 1.807) is 0 Å². The summed E-state index contributed by atoms with van der Waals surface area (Å²) in [7, 11) is 0. The molecule has 0 bridgehead atoms. The van der Waals surface area contributed by atoms with E-state index in [4.69, 9.17) is 11.6 Å². The van der Waals surface area contributed by atoms with Crippen molar-refractivity contribution in [2.24, 2.45) is 0 Å². The van der Waals surface area contributed by atoms with E-state index >= 15 is 0 Å². The van der Waals surface area contributed by atoms with E-state index in [9.17, 15) is 0 Å². The summed E-state index contributed by atoms with van der Waals surface area (Å²) in [4.78, 5) is 4.36. The van der Waals surface area contributed by atoms with E-state index in [-0.39, 0.29) is 0 Å². The van der Waals surface area contributed by atoms with Crippen LogP contribution in [0.4, 0.5) is 0 Å². The number of hydrogen-bond donors (Lipinski definition) is 0. The van der Waals surface area contributed by atoms with Gasteiger partial charge >= 0.3 is 0 Å². The molecule has 3 heteroatoms. The minimum atomic E-state index is 0.480. The summed E-state index contributed by atoms with van der Waals surface area (Å²) in [6.07, 6.45) is 1.99. The van der Waals surface area contributed by atoms with Crippen LogP contribution in [0.2, 0.25) is 0 Å². The fourth-order valence-electron chi connectivity index (χ4n) is 1.29. The number of pyridine rings is 1. The van der Waals surface area contributed by atoms with E-state index < -0.39 is 0 Å². The topological polar surface area (TPSA) is 17.3 Å². The summed E-state index contributed by atoms with van der Waals surface area (Å²) in [5.74, 6) is 0.480. The lowest BCUT2D eigenvalue weighted by Gasteiger charge is -1.93. The first kappa shape index (κ1) is 11.1. The molecule has 0 atom stereocenters. The molecule has 2 nitrogen and oxygen atoms in total. The van der Waals surface area contributed by atoms with Crippen molar-refractivity contribution in [1.29, 1.82) is 0 Å². The van der Waals surface area contributed by atoms with Gasteiger partial charge in [0.25, 0.3) is 0 Å². The summed E-state index contributed by atoms with van der Waals surface area (Å²) in [5.41, 5.74) is 3.05. The average molecular weight is 211 g/mol. The minimum absolute atomic E-state index is 0.480. The Morgan fingerprint density at radius 1 is 1.36 bits per heavy atom. The van der Waals surface area contributed by atoms with E-state index in [1.807, 2.05) is 49.6 Å². The van der Waals surface area contributed by atoms with Crippen LogP contribution in [-0.2, 0) is 5.88 Å². The molecule has 0 saturated heterocycles. The van der Waals surface area contributed by atoms with E-state index in [2.05, 4.69) is 4.98 Å². The molecule has 2 aromatic rings. The second-order valence-corrected chi connectivity index (χ2v) is 2.97. The molecular weight excluding hydrogens is 196 g/mol. The highest BCUT2D eigenvalue weighted by atomic mass is 35.5. The van der Waals surface area contributed by atoms with Gasteiger partial charge < -0.3 is 4.40 Å². The largest absolute Gasteiger partial charge is 0.304 e. The number of rotatable bonds is 1. The Morgan fingerprint density at radius 3 is 2.64 bits per heavy atom. The Kier molecular flexibility index (Phi) is 3.96. The standard InChI is InChI=1S/C9H9ClN2.C2H6/c1-7-8(6-10)11-9-4-2-3-5-12(7)9;1-2/h2-5H,6H2,1H3;1-2H3. The van der Waals surface area contributed by atoms with Crippen molar-refractivity contribution in [3.63, 3.8) is 0 Å². The van der Waals surface area contributed by atoms with Gasteiger partial charge in [-0.05, 0) is 19.1 Å². The molecular formula is C11H15ClN2. The molecule has 76 valence electrons. The molecule has 0 fully saturated rings. The van der Waals surface area contributed by atoms with Crippen LogP contribution in [0.3, 0.4) is 0 Å². The third-order valence-corrected chi connectivity index (χ3v) is 2.25. The van der Waals surface area contributed by atoms with Gasteiger partial charge in [-0.2, -0.15) is 0 Å². The van der Waals surface area contributed by atoms with Crippen LogP contribution in [0.1, 0.15) is 25.2 Å². The lowest BCUT2D eigenvalue weighted by molar-refractivity contribution is 1.09. The first-order valence-electron chi connectivity index (χ1n) is 4.81. The lowest BCUT2D eigenvalue weighted by atomic mass is 10.4. The highest BCUT2D eigenvalue weighted by Gasteiger charge is 2.04. The van der Waals surface area contributed by atoms with Crippen molar-refractivity contribution in [1.82, 2.24) is 9.38 Å². The van der Waals surface area contributed by atoms with Crippen molar-refractivity contribution in [2.45, 2.75) is 26.7 Å². The maximum Gasteiger partial charge on any atom is 0.137 e. The van der Waals surface area contributed by atoms with Gasteiger partial charge in [0.15, 0.2) is 0 Å². The second-order valence-electron chi connectivity index (χ2n) is 2.71. The number of imidazole rings is 1. The predicted octanol–water partition coefficient (Wildman–Crippen LogP) is 3.41. The van der Waals surface area contributed by atoms with E-state index in [0.717, 1.165) is 17.0 Å². The van der Waals surface area contributed by atoms with Crippen LogP contribution in [-0.4, -0.2) is 9.38 Å². The highest BCUT2D eigenvalue weighted by Crippen LogP contribution is 2.12. The number of aryl methyl sites for hydroxylation is 1. The van der Waals surface area contributed by atoms with Crippen molar-refractivity contribution in [3.05, 3.63) is 35.8 Å². The molecule has 0 amide bonds.